The molecule has 1 aromatic heterocycles. The Bertz CT molecular complexity index is 1040. The third-order valence-corrected chi connectivity index (χ3v) is 7.46. The smallest absolute Gasteiger partial charge is 0.163 e. The molecule has 5 nitrogen and oxygen atoms in total. The third kappa shape index (κ3) is 3.75. The Balaban J connectivity index is 1.58. The zero-order chi connectivity index (χ0) is 19.7. The summed E-state index contributed by atoms with van der Waals surface area (Å²) in [5.41, 5.74) is 4.67. The van der Waals surface area contributed by atoms with Crippen molar-refractivity contribution in [2.24, 2.45) is 0 Å². The molecule has 28 heavy (non-hydrogen) atoms. The molecule has 6 heteroatoms. The molecule has 2 aromatic rings. The Morgan fingerprint density at radius 3 is 2.89 bits per heavy atom. The van der Waals surface area contributed by atoms with Gasteiger partial charge in [-0.3, -0.25) is 4.98 Å². The highest BCUT2D eigenvalue weighted by Crippen LogP contribution is 2.38. The van der Waals surface area contributed by atoms with Crippen molar-refractivity contribution < 1.29 is 18.3 Å². The van der Waals surface area contributed by atoms with E-state index in [1.54, 1.807) is 24.4 Å². The van der Waals surface area contributed by atoms with Gasteiger partial charge in [0.05, 0.1) is 24.2 Å². The first-order chi connectivity index (χ1) is 13.4. The molecule has 3 heterocycles. The number of benzene rings is 1. The summed E-state index contributed by atoms with van der Waals surface area (Å²) in [5, 5.41) is 9.29. The van der Waals surface area contributed by atoms with E-state index in [-0.39, 0.29) is 24.2 Å². The average molecular weight is 397 g/mol. The summed E-state index contributed by atoms with van der Waals surface area (Å²) in [7, 11) is -3.10. The van der Waals surface area contributed by atoms with Gasteiger partial charge in [-0.05, 0) is 66.8 Å². The van der Waals surface area contributed by atoms with Crippen molar-refractivity contribution in [1.82, 2.24) is 4.98 Å². The van der Waals surface area contributed by atoms with Gasteiger partial charge in [0.1, 0.15) is 11.0 Å². The largest absolute Gasteiger partial charge is 0.508 e. The van der Waals surface area contributed by atoms with Crippen LogP contribution in [0.1, 0.15) is 31.0 Å². The van der Waals surface area contributed by atoms with Crippen molar-refractivity contribution in [3.8, 4) is 5.75 Å². The second-order valence-corrected chi connectivity index (χ2v) is 9.56. The summed E-state index contributed by atoms with van der Waals surface area (Å²) >= 11 is 0. The van der Waals surface area contributed by atoms with E-state index in [0.717, 1.165) is 28.0 Å². The number of allylic oxidation sites excluding steroid dienone is 1. The number of sulfone groups is 1. The lowest BCUT2D eigenvalue weighted by Crippen LogP contribution is -2.19. The molecule has 1 saturated heterocycles. The van der Waals surface area contributed by atoms with Crippen LogP contribution >= 0.6 is 0 Å². The number of hydrogen-bond donors (Lipinski definition) is 1. The first-order valence-corrected chi connectivity index (χ1v) is 11.1. The van der Waals surface area contributed by atoms with Crippen LogP contribution in [-0.4, -0.2) is 42.2 Å². The second kappa shape index (κ2) is 7.53. The number of hydrogen-bond acceptors (Lipinski definition) is 5. The van der Waals surface area contributed by atoms with Gasteiger partial charge in [-0.2, -0.15) is 0 Å². The van der Waals surface area contributed by atoms with E-state index in [0.29, 0.717) is 12.8 Å². The fourth-order valence-electron chi connectivity index (χ4n) is 4.09. The molecule has 0 unspecified atom stereocenters. The Morgan fingerprint density at radius 1 is 1.29 bits per heavy atom. The number of nitrogens with zero attached hydrogens (tertiary/aromatic N) is 1. The molecule has 1 aromatic carbocycles. The molecular formula is C22H23NO4S. The highest BCUT2D eigenvalue weighted by molar-refractivity contribution is 7.92. The number of ether oxygens (including phenoxy) is 1. The summed E-state index contributed by atoms with van der Waals surface area (Å²) in [4.78, 5) is 4.47. The van der Waals surface area contributed by atoms with Crippen LogP contribution in [0.3, 0.4) is 0 Å². The second-order valence-electron chi connectivity index (χ2n) is 7.37. The van der Waals surface area contributed by atoms with Crippen LogP contribution in [0.5, 0.6) is 5.75 Å². The van der Waals surface area contributed by atoms with E-state index in [1.165, 1.54) is 0 Å². The summed E-state index contributed by atoms with van der Waals surface area (Å²) in [6.45, 7) is 2.16. The summed E-state index contributed by atoms with van der Waals surface area (Å²) < 4.78 is 30.4. The Morgan fingerprint density at radius 2 is 2.14 bits per heavy atom. The number of aromatic nitrogens is 1. The molecule has 2 aliphatic rings. The molecule has 0 radical (unpaired) electrons. The standard InChI is InChI=1S/C22H23NO4S/c1-15-14-28(25,26)21-13-27-20(22(15)21)9-8-17(19-7-2-3-10-23-19)11-16-5-4-6-18(24)12-16/h2-7,10-12,20-21,24H,8-9,13-14H2,1H3/b17-11-/t20-,21+/m1/s1. The van der Waals surface area contributed by atoms with Gasteiger partial charge in [-0.15, -0.1) is 0 Å². The Kier molecular flexibility index (Phi) is 5.08. The number of phenolic OH excluding ortho intramolecular Hbond substituents is 1. The van der Waals surface area contributed by atoms with Gasteiger partial charge in [0.2, 0.25) is 0 Å². The van der Waals surface area contributed by atoms with Crippen molar-refractivity contribution in [1.29, 1.82) is 0 Å². The molecule has 1 fully saturated rings. The van der Waals surface area contributed by atoms with Crippen molar-refractivity contribution in [3.05, 3.63) is 71.1 Å². The normalized spacial score (nSPS) is 23.8. The Hall–Kier alpha value is -2.44. The van der Waals surface area contributed by atoms with Crippen LogP contribution in [-0.2, 0) is 14.6 Å². The molecular weight excluding hydrogens is 374 g/mol. The maximum Gasteiger partial charge on any atom is 0.163 e. The van der Waals surface area contributed by atoms with E-state index in [9.17, 15) is 13.5 Å². The maximum absolute atomic E-state index is 12.3. The lowest BCUT2D eigenvalue weighted by Gasteiger charge is -2.14. The number of phenols is 1. The van der Waals surface area contributed by atoms with Crippen LogP contribution in [0.2, 0.25) is 0 Å². The summed E-state index contributed by atoms with van der Waals surface area (Å²) in [5.74, 6) is 0.368. The van der Waals surface area contributed by atoms with E-state index in [1.807, 2.05) is 37.3 Å². The summed E-state index contributed by atoms with van der Waals surface area (Å²) in [6.07, 6.45) is 4.99. The van der Waals surface area contributed by atoms with E-state index >= 15 is 0 Å². The minimum atomic E-state index is -3.10. The number of aromatic hydroxyl groups is 1. The molecule has 1 N–H and O–H groups in total. The minimum Gasteiger partial charge on any atom is -0.508 e. The number of fused-ring (bicyclic) bond motifs is 1. The first-order valence-electron chi connectivity index (χ1n) is 9.38. The van der Waals surface area contributed by atoms with Crippen LogP contribution in [0.4, 0.5) is 0 Å². The highest BCUT2D eigenvalue weighted by atomic mass is 32.2. The van der Waals surface area contributed by atoms with Gasteiger partial charge in [0.15, 0.2) is 9.84 Å². The van der Waals surface area contributed by atoms with E-state index in [2.05, 4.69) is 4.98 Å². The lowest BCUT2D eigenvalue weighted by atomic mass is 9.95. The number of rotatable bonds is 5. The van der Waals surface area contributed by atoms with Crippen LogP contribution in [0.15, 0.2) is 59.8 Å². The van der Waals surface area contributed by atoms with Crippen LogP contribution < -0.4 is 0 Å². The van der Waals surface area contributed by atoms with Gasteiger partial charge in [-0.1, -0.05) is 23.8 Å². The first kappa shape index (κ1) is 18.9. The quantitative estimate of drug-likeness (QED) is 0.780. The lowest BCUT2D eigenvalue weighted by molar-refractivity contribution is 0.118. The molecule has 2 atom stereocenters. The molecule has 0 spiro atoms. The average Bonchev–Trinajstić information content (AvgIpc) is 3.19. The van der Waals surface area contributed by atoms with Crippen molar-refractivity contribution in [2.45, 2.75) is 31.1 Å². The SMILES string of the molecule is CC1=C2[C@@H](CC/C(=C/c3cccc(O)c3)c3ccccn3)OC[C@@H]2S(=O)(=O)C1. The molecule has 0 bridgehead atoms. The monoisotopic (exact) mass is 397 g/mol. The molecule has 0 aliphatic carbocycles. The maximum atomic E-state index is 12.3. The van der Waals surface area contributed by atoms with E-state index < -0.39 is 15.1 Å². The molecule has 2 aliphatic heterocycles. The fraction of sp³-hybridized carbons (Fsp3) is 0.318. The van der Waals surface area contributed by atoms with Gasteiger partial charge in [0, 0.05) is 6.20 Å². The van der Waals surface area contributed by atoms with E-state index in [4.69, 9.17) is 4.74 Å². The predicted octanol–water partition coefficient (Wildman–Crippen LogP) is 3.62. The van der Waals surface area contributed by atoms with Crippen LogP contribution in [0.25, 0.3) is 11.6 Å². The van der Waals surface area contributed by atoms with Crippen molar-refractivity contribution in [3.63, 3.8) is 0 Å². The Labute approximate surface area is 165 Å². The zero-order valence-corrected chi connectivity index (χ0v) is 16.5. The van der Waals surface area contributed by atoms with Crippen molar-refractivity contribution in [2.75, 3.05) is 12.4 Å². The topological polar surface area (TPSA) is 76.5 Å². The molecule has 0 saturated carbocycles. The van der Waals surface area contributed by atoms with Crippen LogP contribution in [0, 0.1) is 0 Å². The van der Waals surface area contributed by atoms with Gasteiger partial charge in [-0.25, -0.2) is 8.42 Å². The fourth-order valence-corrected chi connectivity index (χ4v) is 6.09. The third-order valence-electron chi connectivity index (χ3n) is 5.37. The van der Waals surface area contributed by atoms with Gasteiger partial charge >= 0.3 is 0 Å². The predicted molar refractivity (Wildman–Crippen MR) is 109 cm³/mol. The minimum absolute atomic E-state index is 0.152. The highest BCUT2D eigenvalue weighted by Gasteiger charge is 2.45. The van der Waals surface area contributed by atoms with Gasteiger partial charge < -0.3 is 9.84 Å². The number of pyridine rings is 1. The molecule has 4 rings (SSSR count). The van der Waals surface area contributed by atoms with Crippen molar-refractivity contribution >= 4 is 21.5 Å². The zero-order valence-electron chi connectivity index (χ0n) is 15.7. The molecule has 0 amide bonds. The molecule has 146 valence electrons. The summed E-state index contributed by atoms with van der Waals surface area (Å²) in [6, 6.07) is 12.9. The van der Waals surface area contributed by atoms with Gasteiger partial charge in [0.25, 0.3) is 0 Å².